The van der Waals surface area contributed by atoms with Crippen molar-refractivity contribution < 1.29 is 9.47 Å². The molecule has 0 saturated carbocycles. The van der Waals surface area contributed by atoms with E-state index in [0.717, 1.165) is 16.7 Å². The maximum Gasteiger partial charge on any atom is 0.291 e. The van der Waals surface area contributed by atoms with Gasteiger partial charge in [0.1, 0.15) is 0 Å². The maximum atomic E-state index is 12.8. The van der Waals surface area contributed by atoms with Gasteiger partial charge in [0.25, 0.3) is 5.56 Å². The highest BCUT2D eigenvalue weighted by Crippen LogP contribution is 2.28. The second kappa shape index (κ2) is 8.05. The fourth-order valence-corrected chi connectivity index (χ4v) is 3.99. The van der Waals surface area contributed by atoms with Crippen LogP contribution in [0.4, 0.5) is 0 Å². The van der Waals surface area contributed by atoms with Crippen LogP contribution in [0.5, 0.6) is 11.5 Å². The van der Waals surface area contributed by atoms with Crippen molar-refractivity contribution in [2.24, 2.45) is 0 Å². The Morgan fingerprint density at radius 2 is 1.83 bits per heavy atom. The first-order valence-electron chi connectivity index (χ1n) is 9.47. The Balaban J connectivity index is 1.75. The fraction of sp³-hybridized carbons (Fsp3) is 0.227. The number of nitrogens with zero attached hydrogens (tertiary/aromatic N) is 3. The van der Waals surface area contributed by atoms with Crippen LogP contribution < -0.4 is 19.6 Å². The lowest BCUT2D eigenvalue weighted by atomic mass is 10.1. The second-order valence-electron chi connectivity index (χ2n) is 6.43. The van der Waals surface area contributed by atoms with Crippen LogP contribution in [0.15, 0.2) is 47.3 Å². The van der Waals surface area contributed by atoms with Crippen LogP contribution in [-0.2, 0) is 0 Å². The van der Waals surface area contributed by atoms with Crippen LogP contribution in [0.2, 0.25) is 0 Å². The van der Waals surface area contributed by atoms with Gasteiger partial charge in [-0.2, -0.15) is 9.50 Å². The van der Waals surface area contributed by atoms with Gasteiger partial charge in [-0.25, -0.2) is 0 Å². The molecule has 0 bridgehead atoms. The molecule has 148 valence electrons. The minimum Gasteiger partial charge on any atom is -0.490 e. The zero-order chi connectivity index (χ0) is 20.4. The molecule has 0 N–H and O–H groups in total. The van der Waals surface area contributed by atoms with Gasteiger partial charge in [-0.15, -0.1) is 5.10 Å². The molecular formula is C22H21N3O3S. The number of thiazole rings is 1. The third-order valence-corrected chi connectivity index (χ3v) is 5.39. The molecule has 0 aliphatic heterocycles. The van der Waals surface area contributed by atoms with Crippen molar-refractivity contribution in [1.82, 2.24) is 14.6 Å². The van der Waals surface area contributed by atoms with E-state index in [4.69, 9.17) is 9.47 Å². The van der Waals surface area contributed by atoms with Crippen LogP contribution in [0.1, 0.15) is 25.0 Å². The summed E-state index contributed by atoms with van der Waals surface area (Å²) in [4.78, 5) is 18.0. The summed E-state index contributed by atoms with van der Waals surface area (Å²) in [5.74, 6) is 1.92. The number of hydrogen-bond acceptors (Lipinski definition) is 6. The molecule has 2 aromatic heterocycles. The molecule has 2 heterocycles. The Morgan fingerprint density at radius 1 is 1.07 bits per heavy atom. The van der Waals surface area contributed by atoms with Gasteiger partial charge < -0.3 is 9.47 Å². The highest BCUT2D eigenvalue weighted by molar-refractivity contribution is 7.15. The molecule has 4 aromatic rings. The molecule has 0 saturated heterocycles. The molecule has 0 fully saturated rings. The smallest absolute Gasteiger partial charge is 0.291 e. The largest absolute Gasteiger partial charge is 0.490 e. The lowest BCUT2D eigenvalue weighted by Gasteiger charge is -2.11. The van der Waals surface area contributed by atoms with Crippen LogP contribution in [-0.4, -0.2) is 27.8 Å². The van der Waals surface area contributed by atoms with E-state index in [1.165, 1.54) is 15.9 Å². The van der Waals surface area contributed by atoms with Crippen molar-refractivity contribution in [3.63, 3.8) is 0 Å². The van der Waals surface area contributed by atoms with Gasteiger partial charge in [0.05, 0.1) is 17.7 Å². The molecule has 0 aliphatic rings. The predicted molar refractivity (Wildman–Crippen MR) is 115 cm³/mol. The Hall–Kier alpha value is -3.19. The first-order chi connectivity index (χ1) is 14.1. The minimum atomic E-state index is -0.177. The Morgan fingerprint density at radius 3 is 2.55 bits per heavy atom. The zero-order valence-electron chi connectivity index (χ0n) is 16.5. The summed E-state index contributed by atoms with van der Waals surface area (Å²) in [7, 11) is 0. The van der Waals surface area contributed by atoms with E-state index in [9.17, 15) is 4.79 Å². The summed E-state index contributed by atoms with van der Waals surface area (Å²) in [6, 6.07) is 13.5. The van der Waals surface area contributed by atoms with E-state index in [0.29, 0.717) is 40.0 Å². The number of ether oxygens (including phenoxy) is 2. The minimum absolute atomic E-state index is 0.177. The molecule has 0 unspecified atom stereocenters. The molecule has 6 nitrogen and oxygen atoms in total. The SMILES string of the molecule is CCOc1ccc(C=c2sc3nc(-c4ccccc4C)nn3c2=O)cc1OCC. The lowest BCUT2D eigenvalue weighted by molar-refractivity contribution is 0.287. The fourth-order valence-electron chi connectivity index (χ4n) is 3.08. The highest BCUT2D eigenvalue weighted by Gasteiger charge is 2.13. The molecule has 0 radical (unpaired) electrons. The molecule has 0 spiro atoms. The Bertz CT molecular complexity index is 1280. The monoisotopic (exact) mass is 407 g/mol. The van der Waals surface area contributed by atoms with Gasteiger partial charge in [-0.1, -0.05) is 41.7 Å². The topological polar surface area (TPSA) is 65.7 Å². The number of fused-ring (bicyclic) bond motifs is 1. The van der Waals surface area contributed by atoms with Crippen LogP contribution in [0.25, 0.3) is 22.4 Å². The average Bonchev–Trinajstić information content (AvgIpc) is 3.24. The molecule has 7 heteroatoms. The molecular weight excluding hydrogens is 386 g/mol. The highest BCUT2D eigenvalue weighted by atomic mass is 32.1. The summed E-state index contributed by atoms with van der Waals surface area (Å²) < 4.78 is 13.2. The summed E-state index contributed by atoms with van der Waals surface area (Å²) in [5, 5.41) is 4.43. The molecule has 0 atom stereocenters. The van der Waals surface area contributed by atoms with Crippen molar-refractivity contribution in [3.05, 3.63) is 68.5 Å². The number of hydrogen-bond donors (Lipinski definition) is 0. The van der Waals surface area contributed by atoms with Gasteiger partial charge in [0.2, 0.25) is 4.96 Å². The van der Waals surface area contributed by atoms with Crippen molar-refractivity contribution in [2.75, 3.05) is 13.2 Å². The standard InChI is InChI=1S/C22H21N3O3S/c1-4-27-17-11-10-15(12-18(17)28-5-2)13-19-21(26)25-22(29-19)23-20(24-25)16-9-7-6-8-14(16)3/h6-13H,4-5H2,1-3H3. The summed E-state index contributed by atoms with van der Waals surface area (Å²) >= 11 is 1.32. The summed E-state index contributed by atoms with van der Waals surface area (Å²) in [6.45, 7) is 6.95. The summed E-state index contributed by atoms with van der Waals surface area (Å²) in [5.41, 5.74) is 2.69. The predicted octanol–water partition coefficient (Wildman–Crippen LogP) is 3.47. The quantitative estimate of drug-likeness (QED) is 0.490. The molecule has 29 heavy (non-hydrogen) atoms. The van der Waals surface area contributed by atoms with Gasteiger partial charge >= 0.3 is 0 Å². The van der Waals surface area contributed by atoms with Crippen molar-refractivity contribution in [2.45, 2.75) is 20.8 Å². The van der Waals surface area contributed by atoms with E-state index in [1.54, 1.807) is 0 Å². The van der Waals surface area contributed by atoms with E-state index in [2.05, 4.69) is 10.1 Å². The first-order valence-corrected chi connectivity index (χ1v) is 10.3. The van der Waals surface area contributed by atoms with Crippen molar-refractivity contribution in [1.29, 1.82) is 0 Å². The first kappa shape index (κ1) is 19.1. The number of aryl methyl sites for hydroxylation is 1. The average molecular weight is 407 g/mol. The molecule has 0 aliphatic carbocycles. The Labute approximate surface area is 172 Å². The molecule has 2 aromatic carbocycles. The van der Waals surface area contributed by atoms with E-state index in [1.807, 2.05) is 69.3 Å². The van der Waals surface area contributed by atoms with Crippen LogP contribution in [0, 0.1) is 6.92 Å². The summed E-state index contributed by atoms with van der Waals surface area (Å²) in [6.07, 6.45) is 1.83. The molecule has 0 amide bonds. The third-order valence-electron chi connectivity index (χ3n) is 4.43. The van der Waals surface area contributed by atoms with Gasteiger partial charge in [-0.3, -0.25) is 4.79 Å². The van der Waals surface area contributed by atoms with Crippen molar-refractivity contribution in [3.8, 4) is 22.9 Å². The van der Waals surface area contributed by atoms with Gasteiger partial charge in [0, 0.05) is 5.56 Å². The number of rotatable bonds is 6. The van der Waals surface area contributed by atoms with E-state index in [-0.39, 0.29) is 5.56 Å². The third kappa shape index (κ3) is 3.73. The number of aromatic nitrogens is 3. The normalized spacial score (nSPS) is 11.9. The van der Waals surface area contributed by atoms with Crippen LogP contribution >= 0.6 is 11.3 Å². The second-order valence-corrected chi connectivity index (χ2v) is 7.44. The maximum absolute atomic E-state index is 12.8. The van der Waals surface area contributed by atoms with Gasteiger partial charge in [-0.05, 0) is 50.1 Å². The van der Waals surface area contributed by atoms with Gasteiger partial charge in [0.15, 0.2) is 17.3 Å². The molecule has 4 rings (SSSR count). The lowest BCUT2D eigenvalue weighted by Crippen LogP contribution is -2.23. The van der Waals surface area contributed by atoms with E-state index >= 15 is 0 Å². The number of benzene rings is 2. The van der Waals surface area contributed by atoms with Crippen molar-refractivity contribution >= 4 is 22.4 Å². The van der Waals surface area contributed by atoms with E-state index < -0.39 is 0 Å². The Kier molecular flexibility index (Phi) is 5.31. The zero-order valence-corrected chi connectivity index (χ0v) is 17.3. The van der Waals surface area contributed by atoms with Crippen LogP contribution in [0.3, 0.4) is 0 Å².